The SMILES string of the molecule is COc1cc(C#N)c(NC(=O)C[NH+]2C[C@@H](C)C[C@H](C)C2)cc1OC. The highest BCUT2D eigenvalue weighted by molar-refractivity contribution is 5.93. The van der Waals surface area contributed by atoms with Crippen molar-refractivity contribution in [3.8, 4) is 17.6 Å². The molecule has 1 amide bonds. The third-order valence-electron chi connectivity index (χ3n) is 4.41. The molecular weight excluding hydrogens is 306 g/mol. The van der Waals surface area contributed by atoms with Gasteiger partial charge in [0.25, 0.3) is 5.91 Å². The van der Waals surface area contributed by atoms with Crippen molar-refractivity contribution in [3.63, 3.8) is 0 Å². The topological polar surface area (TPSA) is 75.8 Å². The highest BCUT2D eigenvalue weighted by Crippen LogP contribution is 2.32. The van der Waals surface area contributed by atoms with Crippen LogP contribution in [0.2, 0.25) is 0 Å². The zero-order chi connectivity index (χ0) is 17.7. The van der Waals surface area contributed by atoms with Crippen molar-refractivity contribution in [1.29, 1.82) is 5.26 Å². The van der Waals surface area contributed by atoms with Crippen LogP contribution < -0.4 is 19.7 Å². The van der Waals surface area contributed by atoms with Gasteiger partial charge in [0, 0.05) is 24.0 Å². The van der Waals surface area contributed by atoms with E-state index in [9.17, 15) is 10.1 Å². The number of nitriles is 1. The summed E-state index contributed by atoms with van der Waals surface area (Å²) in [6.07, 6.45) is 1.22. The number of carbonyl (C=O) groups excluding carboxylic acids is 1. The first-order valence-corrected chi connectivity index (χ1v) is 8.26. The molecule has 130 valence electrons. The Labute approximate surface area is 143 Å². The van der Waals surface area contributed by atoms with Gasteiger partial charge < -0.3 is 19.7 Å². The molecule has 0 radical (unpaired) electrons. The monoisotopic (exact) mass is 332 g/mol. The van der Waals surface area contributed by atoms with Crippen LogP contribution in [0.5, 0.6) is 11.5 Å². The van der Waals surface area contributed by atoms with E-state index in [0.717, 1.165) is 13.1 Å². The van der Waals surface area contributed by atoms with Crippen LogP contribution >= 0.6 is 0 Å². The first-order chi connectivity index (χ1) is 11.5. The van der Waals surface area contributed by atoms with Gasteiger partial charge in [-0.05, 0) is 6.42 Å². The molecule has 2 rings (SSSR count). The molecule has 6 heteroatoms. The number of quaternary nitrogens is 1. The summed E-state index contributed by atoms with van der Waals surface area (Å²) >= 11 is 0. The van der Waals surface area contributed by atoms with Crippen molar-refractivity contribution < 1.29 is 19.2 Å². The molecule has 0 bridgehead atoms. The van der Waals surface area contributed by atoms with Crippen LogP contribution in [0.25, 0.3) is 0 Å². The average molecular weight is 332 g/mol. The van der Waals surface area contributed by atoms with E-state index < -0.39 is 0 Å². The zero-order valence-corrected chi connectivity index (χ0v) is 14.8. The van der Waals surface area contributed by atoms with E-state index in [1.165, 1.54) is 25.5 Å². The number of hydrogen-bond donors (Lipinski definition) is 2. The Morgan fingerprint density at radius 3 is 2.38 bits per heavy atom. The van der Waals surface area contributed by atoms with Gasteiger partial charge in [-0.15, -0.1) is 0 Å². The molecule has 1 aromatic rings. The summed E-state index contributed by atoms with van der Waals surface area (Å²) in [5.41, 5.74) is 0.814. The van der Waals surface area contributed by atoms with Crippen LogP contribution in [0.15, 0.2) is 12.1 Å². The lowest BCUT2D eigenvalue weighted by atomic mass is 9.92. The van der Waals surface area contributed by atoms with E-state index in [0.29, 0.717) is 41.1 Å². The summed E-state index contributed by atoms with van der Waals surface area (Å²) in [6, 6.07) is 5.29. The predicted octanol–water partition coefficient (Wildman–Crippen LogP) is 1.07. The normalized spacial score (nSPS) is 23.2. The second-order valence-electron chi connectivity index (χ2n) is 6.69. The largest absolute Gasteiger partial charge is 0.493 e. The molecule has 1 aromatic carbocycles. The zero-order valence-electron chi connectivity index (χ0n) is 14.8. The number of amides is 1. The summed E-state index contributed by atoms with van der Waals surface area (Å²) in [6.45, 7) is 6.89. The fourth-order valence-electron chi connectivity index (χ4n) is 3.56. The van der Waals surface area contributed by atoms with Crippen molar-refractivity contribution in [1.82, 2.24) is 0 Å². The lowest BCUT2D eigenvalue weighted by molar-refractivity contribution is -0.904. The van der Waals surface area contributed by atoms with E-state index in [-0.39, 0.29) is 5.91 Å². The van der Waals surface area contributed by atoms with Gasteiger partial charge >= 0.3 is 0 Å². The van der Waals surface area contributed by atoms with E-state index in [1.807, 2.05) is 0 Å². The van der Waals surface area contributed by atoms with Crippen LogP contribution in [-0.4, -0.2) is 39.8 Å². The molecule has 1 heterocycles. The Morgan fingerprint density at radius 1 is 1.25 bits per heavy atom. The molecule has 0 unspecified atom stereocenters. The molecule has 6 nitrogen and oxygen atoms in total. The van der Waals surface area contributed by atoms with E-state index in [2.05, 4.69) is 25.2 Å². The Kier molecular flexibility index (Phi) is 6.04. The quantitative estimate of drug-likeness (QED) is 0.846. The summed E-state index contributed by atoms with van der Waals surface area (Å²) < 4.78 is 10.4. The number of methoxy groups -OCH3 is 2. The van der Waals surface area contributed by atoms with Crippen molar-refractivity contribution >= 4 is 11.6 Å². The number of benzene rings is 1. The minimum absolute atomic E-state index is 0.0879. The van der Waals surface area contributed by atoms with Gasteiger partial charge in [0.2, 0.25) is 0 Å². The number of nitrogens with zero attached hydrogens (tertiary/aromatic N) is 1. The predicted molar refractivity (Wildman–Crippen MR) is 91.4 cm³/mol. The third kappa shape index (κ3) is 4.39. The molecule has 1 saturated heterocycles. The molecule has 0 aromatic heterocycles. The van der Waals surface area contributed by atoms with E-state index >= 15 is 0 Å². The smallest absolute Gasteiger partial charge is 0.279 e. The number of likely N-dealkylation sites (tertiary alicyclic amines) is 1. The Hall–Kier alpha value is -2.26. The molecule has 0 spiro atoms. The number of hydrogen-bond acceptors (Lipinski definition) is 4. The van der Waals surface area contributed by atoms with E-state index in [1.54, 1.807) is 12.1 Å². The van der Waals surface area contributed by atoms with Crippen LogP contribution in [0.4, 0.5) is 5.69 Å². The number of anilines is 1. The minimum atomic E-state index is -0.0879. The van der Waals surface area contributed by atoms with Crippen molar-refractivity contribution in [3.05, 3.63) is 17.7 Å². The summed E-state index contributed by atoms with van der Waals surface area (Å²) in [7, 11) is 3.04. The first kappa shape index (κ1) is 18.1. The number of piperidine rings is 1. The minimum Gasteiger partial charge on any atom is -0.493 e. The summed E-state index contributed by atoms with van der Waals surface area (Å²) in [5.74, 6) is 2.13. The second-order valence-corrected chi connectivity index (χ2v) is 6.69. The van der Waals surface area contributed by atoms with Crippen LogP contribution in [-0.2, 0) is 4.79 Å². The van der Waals surface area contributed by atoms with Gasteiger partial charge in [0.1, 0.15) is 6.07 Å². The average Bonchev–Trinajstić information content (AvgIpc) is 2.53. The van der Waals surface area contributed by atoms with Gasteiger partial charge in [-0.2, -0.15) is 5.26 Å². The standard InChI is InChI=1S/C18H25N3O3/c1-12-5-13(2)10-21(9-12)11-18(22)20-15-7-17(24-4)16(23-3)6-14(15)8-19/h6-7,12-13H,5,9-11H2,1-4H3,(H,20,22)/p+1/t12-,13-/m0/s1. The molecule has 1 aliphatic heterocycles. The highest BCUT2D eigenvalue weighted by atomic mass is 16.5. The summed E-state index contributed by atoms with van der Waals surface area (Å²) in [5, 5.41) is 12.1. The fraction of sp³-hybridized carbons (Fsp3) is 0.556. The van der Waals surface area contributed by atoms with Crippen LogP contribution in [0.3, 0.4) is 0 Å². The van der Waals surface area contributed by atoms with Gasteiger partial charge in [-0.25, -0.2) is 0 Å². The Balaban J connectivity index is 2.09. The van der Waals surface area contributed by atoms with Gasteiger partial charge in [-0.1, -0.05) is 13.8 Å². The number of carbonyl (C=O) groups is 1. The van der Waals surface area contributed by atoms with Crippen molar-refractivity contribution in [2.75, 3.05) is 39.2 Å². The maximum Gasteiger partial charge on any atom is 0.279 e. The summed E-state index contributed by atoms with van der Waals surface area (Å²) in [4.78, 5) is 13.7. The number of ether oxygens (including phenoxy) is 2. The number of nitrogens with one attached hydrogen (secondary N) is 2. The molecule has 0 aliphatic carbocycles. The van der Waals surface area contributed by atoms with E-state index in [4.69, 9.17) is 9.47 Å². The Morgan fingerprint density at radius 2 is 1.83 bits per heavy atom. The molecule has 2 atom stereocenters. The molecule has 2 N–H and O–H groups in total. The fourth-order valence-corrected chi connectivity index (χ4v) is 3.56. The maximum absolute atomic E-state index is 12.4. The van der Waals surface area contributed by atoms with Crippen LogP contribution in [0.1, 0.15) is 25.8 Å². The van der Waals surface area contributed by atoms with Gasteiger partial charge in [0.15, 0.2) is 18.0 Å². The van der Waals surface area contributed by atoms with Crippen LogP contribution in [0, 0.1) is 23.2 Å². The molecule has 0 saturated carbocycles. The van der Waals surface area contributed by atoms with Gasteiger partial charge in [0.05, 0.1) is 38.6 Å². The Bertz CT molecular complexity index is 629. The number of rotatable bonds is 5. The first-order valence-electron chi connectivity index (χ1n) is 8.26. The lowest BCUT2D eigenvalue weighted by Crippen LogP contribution is -3.15. The van der Waals surface area contributed by atoms with Crippen molar-refractivity contribution in [2.45, 2.75) is 20.3 Å². The molecule has 24 heavy (non-hydrogen) atoms. The van der Waals surface area contributed by atoms with Crippen molar-refractivity contribution in [2.24, 2.45) is 11.8 Å². The maximum atomic E-state index is 12.4. The second kappa shape index (κ2) is 8.02. The highest BCUT2D eigenvalue weighted by Gasteiger charge is 2.27. The molecular formula is C18H26N3O3+. The molecule has 1 aliphatic rings. The lowest BCUT2D eigenvalue weighted by Gasteiger charge is -2.31. The molecule has 1 fully saturated rings. The van der Waals surface area contributed by atoms with Gasteiger partial charge in [-0.3, -0.25) is 4.79 Å². The third-order valence-corrected chi connectivity index (χ3v) is 4.41.